The van der Waals surface area contributed by atoms with Crippen molar-refractivity contribution in [2.45, 2.75) is 27.7 Å². The number of rotatable bonds is 4. The minimum absolute atomic E-state index is 0.0424. The van der Waals surface area contributed by atoms with Crippen molar-refractivity contribution in [1.82, 2.24) is 19.7 Å². The SMILES string of the molecule is C=C/C=C(\C)n1nc(C(=O)O)cc1-c1cnc(C)cn1.CC. The molecule has 116 valence electrons. The fourth-order valence-electron chi connectivity index (χ4n) is 1.70. The molecule has 0 unspecified atom stereocenters. The fraction of sp³-hybridized carbons (Fsp3) is 0.250. The highest BCUT2D eigenvalue weighted by Crippen LogP contribution is 2.21. The Balaban J connectivity index is 0.00000116. The number of aryl methyl sites for hydroxylation is 1. The number of carboxylic acids is 1. The first kappa shape index (κ1) is 17.3. The number of aromatic nitrogens is 4. The maximum Gasteiger partial charge on any atom is 0.356 e. The van der Waals surface area contributed by atoms with Crippen molar-refractivity contribution < 1.29 is 9.90 Å². The average Bonchev–Trinajstić information content (AvgIpc) is 2.96. The Morgan fingerprint density at radius 1 is 1.32 bits per heavy atom. The lowest BCUT2D eigenvalue weighted by Crippen LogP contribution is -2.02. The summed E-state index contributed by atoms with van der Waals surface area (Å²) in [6.45, 7) is 11.3. The van der Waals surface area contributed by atoms with Crippen molar-refractivity contribution in [2.24, 2.45) is 0 Å². The zero-order valence-corrected chi connectivity index (χ0v) is 13.2. The Morgan fingerprint density at radius 3 is 2.50 bits per heavy atom. The Morgan fingerprint density at radius 2 is 2.00 bits per heavy atom. The van der Waals surface area contributed by atoms with Gasteiger partial charge in [-0.3, -0.25) is 9.97 Å². The highest BCUT2D eigenvalue weighted by atomic mass is 16.4. The van der Waals surface area contributed by atoms with Gasteiger partial charge in [-0.25, -0.2) is 9.48 Å². The van der Waals surface area contributed by atoms with Crippen LogP contribution in [0, 0.1) is 6.92 Å². The van der Waals surface area contributed by atoms with Crippen molar-refractivity contribution >= 4 is 11.7 Å². The summed E-state index contributed by atoms with van der Waals surface area (Å²) in [4.78, 5) is 19.5. The second kappa shape index (κ2) is 7.87. The van der Waals surface area contributed by atoms with Crippen LogP contribution in [-0.4, -0.2) is 30.8 Å². The van der Waals surface area contributed by atoms with Crippen LogP contribution in [-0.2, 0) is 0 Å². The summed E-state index contributed by atoms with van der Waals surface area (Å²) < 4.78 is 1.52. The quantitative estimate of drug-likeness (QED) is 0.875. The normalized spacial score (nSPS) is 10.6. The van der Waals surface area contributed by atoms with E-state index in [9.17, 15) is 4.79 Å². The van der Waals surface area contributed by atoms with Gasteiger partial charge < -0.3 is 5.11 Å². The number of nitrogens with zero attached hydrogens (tertiary/aromatic N) is 4. The van der Waals surface area contributed by atoms with Gasteiger partial charge in [0.2, 0.25) is 0 Å². The minimum Gasteiger partial charge on any atom is -0.476 e. The Hall–Kier alpha value is -2.76. The summed E-state index contributed by atoms with van der Waals surface area (Å²) in [6, 6.07) is 1.47. The monoisotopic (exact) mass is 300 g/mol. The summed E-state index contributed by atoms with van der Waals surface area (Å²) >= 11 is 0. The largest absolute Gasteiger partial charge is 0.476 e. The lowest BCUT2D eigenvalue weighted by molar-refractivity contribution is 0.0690. The van der Waals surface area contributed by atoms with Crippen molar-refractivity contribution in [3.63, 3.8) is 0 Å². The Kier molecular flexibility index (Phi) is 6.19. The van der Waals surface area contributed by atoms with Gasteiger partial charge in [-0.15, -0.1) is 0 Å². The lowest BCUT2D eigenvalue weighted by atomic mass is 10.2. The van der Waals surface area contributed by atoms with E-state index in [4.69, 9.17) is 5.11 Å². The van der Waals surface area contributed by atoms with Gasteiger partial charge in [0.1, 0.15) is 5.69 Å². The maximum atomic E-state index is 11.1. The summed E-state index contributed by atoms with van der Waals surface area (Å²) in [7, 11) is 0. The third kappa shape index (κ3) is 3.88. The van der Waals surface area contributed by atoms with Gasteiger partial charge in [0, 0.05) is 18.0 Å². The minimum atomic E-state index is -1.09. The standard InChI is InChI=1S/C14H14N4O2.C2H6/c1-4-5-10(3)18-13(6-11(17-18)14(19)20)12-8-15-9(2)7-16-12;1-2/h4-8H,1H2,2-3H3,(H,19,20);1-2H3/b10-5+;. The van der Waals surface area contributed by atoms with Crippen molar-refractivity contribution in [2.75, 3.05) is 0 Å². The van der Waals surface area contributed by atoms with E-state index in [0.717, 1.165) is 11.4 Å². The Bertz CT molecular complexity index is 685. The van der Waals surface area contributed by atoms with Gasteiger partial charge in [0.25, 0.3) is 0 Å². The van der Waals surface area contributed by atoms with Gasteiger partial charge in [0.05, 0.1) is 17.6 Å². The lowest BCUT2D eigenvalue weighted by Gasteiger charge is -2.06. The first-order valence-electron chi connectivity index (χ1n) is 6.95. The van der Waals surface area contributed by atoms with Crippen molar-refractivity contribution in [3.8, 4) is 11.4 Å². The number of hydrogen-bond donors (Lipinski definition) is 1. The van der Waals surface area contributed by atoms with Crippen LogP contribution in [0.25, 0.3) is 17.1 Å². The smallest absolute Gasteiger partial charge is 0.356 e. The van der Waals surface area contributed by atoms with Crippen LogP contribution in [0.1, 0.15) is 37.0 Å². The number of allylic oxidation sites excluding steroid dienone is 3. The predicted molar refractivity (Wildman–Crippen MR) is 86.4 cm³/mol. The van der Waals surface area contributed by atoms with Gasteiger partial charge in [0.15, 0.2) is 5.69 Å². The molecule has 2 rings (SSSR count). The van der Waals surface area contributed by atoms with Crippen LogP contribution in [0.5, 0.6) is 0 Å². The van der Waals surface area contributed by atoms with E-state index in [1.54, 1.807) is 24.5 Å². The van der Waals surface area contributed by atoms with Gasteiger partial charge in [-0.05, 0) is 19.9 Å². The molecule has 2 aromatic heterocycles. The Labute approximate surface area is 129 Å². The van der Waals surface area contributed by atoms with E-state index in [2.05, 4.69) is 21.6 Å². The molecule has 0 saturated heterocycles. The molecule has 6 heteroatoms. The van der Waals surface area contributed by atoms with Crippen LogP contribution in [0.15, 0.2) is 37.2 Å². The summed E-state index contributed by atoms with van der Waals surface area (Å²) in [5.74, 6) is -1.09. The van der Waals surface area contributed by atoms with Crippen LogP contribution in [0.3, 0.4) is 0 Å². The van der Waals surface area contributed by atoms with Crippen LogP contribution in [0.4, 0.5) is 0 Å². The van der Waals surface area contributed by atoms with Gasteiger partial charge >= 0.3 is 5.97 Å². The first-order valence-corrected chi connectivity index (χ1v) is 6.95. The average molecular weight is 300 g/mol. The molecule has 0 saturated carbocycles. The molecule has 0 bridgehead atoms. The second-order valence-corrected chi connectivity index (χ2v) is 4.22. The van der Waals surface area contributed by atoms with Crippen molar-refractivity contribution in [3.05, 3.63) is 48.6 Å². The highest BCUT2D eigenvalue weighted by Gasteiger charge is 2.16. The van der Waals surface area contributed by atoms with E-state index >= 15 is 0 Å². The molecule has 0 spiro atoms. The molecule has 0 aliphatic rings. The molecular weight excluding hydrogens is 280 g/mol. The summed E-state index contributed by atoms with van der Waals surface area (Å²) in [6.07, 6.45) is 6.57. The van der Waals surface area contributed by atoms with E-state index < -0.39 is 5.97 Å². The number of carboxylic acid groups (broad SMARTS) is 1. The molecule has 0 atom stereocenters. The molecule has 22 heavy (non-hydrogen) atoms. The summed E-state index contributed by atoms with van der Waals surface area (Å²) in [5, 5.41) is 13.1. The third-order valence-corrected chi connectivity index (χ3v) is 2.66. The third-order valence-electron chi connectivity index (χ3n) is 2.66. The predicted octanol–water partition coefficient (Wildman–Crippen LogP) is 3.42. The van der Waals surface area contributed by atoms with E-state index in [0.29, 0.717) is 11.4 Å². The van der Waals surface area contributed by atoms with Gasteiger partial charge in [-0.2, -0.15) is 5.10 Å². The van der Waals surface area contributed by atoms with Crippen LogP contribution >= 0.6 is 0 Å². The molecule has 0 fully saturated rings. The van der Waals surface area contributed by atoms with Crippen molar-refractivity contribution in [1.29, 1.82) is 0 Å². The molecule has 6 nitrogen and oxygen atoms in total. The van der Waals surface area contributed by atoms with Gasteiger partial charge in [-0.1, -0.05) is 26.5 Å². The molecule has 1 N–H and O–H groups in total. The fourth-order valence-corrected chi connectivity index (χ4v) is 1.70. The molecule has 0 amide bonds. The van der Waals surface area contributed by atoms with E-state index in [-0.39, 0.29) is 5.69 Å². The molecular formula is C16H20N4O2. The molecule has 2 aromatic rings. The first-order chi connectivity index (χ1) is 10.5. The number of hydrogen-bond acceptors (Lipinski definition) is 4. The molecule has 0 radical (unpaired) electrons. The number of aromatic carboxylic acids is 1. The van der Waals surface area contributed by atoms with Crippen LogP contribution < -0.4 is 0 Å². The maximum absolute atomic E-state index is 11.1. The zero-order chi connectivity index (χ0) is 16.7. The van der Waals surface area contributed by atoms with E-state index in [1.807, 2.05) is 27.7 Å². The highest BCUT2D eigenvalue weighted by molar-refractivity contribution is 5.87. The molecule has 0 aromatic carbocycles. The molecule has 0 aliphatic heterocycles. The summed E-state index contributed by atoms with van der Waals surface area (Å²) in [5.41, 5.74) is 2.62. The zero-order valence-electron chi connectivity index (χ0n) is 13.2. The van der Waals surface area contributed by atoms with Crippen LogP contribution in [0.2, 0.25) is 0 Å². The van der Waals surface area contributed by atoms with E-state index in [1.165, 1.54) is 10.7 Å². The second-order valence-electron chi connectivity index (χ2n) is 4.22. The molecule has 0 aliphatic carbocycles. The topological polar surface area (TPSA) is 80.9 Å². The number of carbonyl (C=O) groups is 1. The molecule has 2 heterocycles.